The number of hydrogen-bond donors (Lipinski definition) is 1. The summed E-state index contributed by atoms with van der Waals surface area (Å²) in [5.41, 5.74) is -0.0706. The van der Waals surface area contributed by atoms with Gasteiger partial charge in [0, 0.05) is 24.9 Å². The molecule has 3 aliphatic rings. The molecule has 0 aromatic carbocycles. The summed E-state index contributed by atoms with van der Waals surface area (Å²) in [5, 5.41) is 3.28. The quantitative estimate of drug-likeness (QED) is 0.884. The molecule has 1 aromatic rings. The number of amides is 1. The summed E-state index contributed by atoms with van der Waals surface area (Å²) in [7, 11) is 0. The minimum Gasteiger partial charge on any atom is -0.371 e. The number of hydrogen-bond acceptors (Lipinski definition) is 6. The highest BCUT2D eigenvalue weighted by Gasteiger charge is 2.49. The molecule has 6 nitrogen and oxygen atoms in total. The van der Waals surface area contributed by atoms with Gasteiger partial charge >= 0.3 is 0 Å². The molecule has 0 aliphatic carbocycles. The first-order chi connectivity index (χ1) is 12.2. The number of nitrogens with one attached hydrogen (secondary N) is 1. The van der Waals surface area contributed by atoms with E-state index in [1.807, 2.05) is 22.7 Å². The SMILES string of the molecule is O=C(C1CCSCC1)N1CC2(CCC(CNc3ncccn3)CO2)C1. The highest BCUT2D eigenvalue weighted by atomic mass is 32.2. The van der Waals surface area contributed by atoms with Crippen molar-refractivity contribution in [2.45, 2.75) is 31.3 Å². The van der Waals surface area contributed by atoms with Crippen molar-refractivity contribution in [3.8, 4) is 0 Å². The van der Waals surface area contributed by atoms with Crippen molar-refractivity contribution < 1.29 is 9.53 Å². The number of aromatic nitrogens is 2. The van der Waals surface area contributed by atoms with Crippen LogP contribution < -0.4 is 5.32 Å². The van der Waals surface area contributed by atoms with Crippen molar-refractivity contribution in [2.75, 3.05) is 43.1 Å². The molecular formula is C18H26N4O2S. The van der Waals surface area contributed by atoms with Crippen LogP contribution in [0.15, 0.2) is 18.5 Å². The zero-order chi connectivity index (χ0) is 17.1. The van der Waals surface area contributed by atoms with E-state index in [1.165, 1.54) is 0 Å². The fourth-order valence-electron chi connectivity index (χ4n) is 3.96. The van der Waals surface area contributed by atoms with Gasteiger partial charge in [0.25, 0.3) is 0 Å². The summed E-state index contributed by atoms with van der Waals surface area (Å²) in [4.78, 5) is 23.0. The van der Waals surface area contributed by atoms with Crippen molar-refractivity contribution in [1.82, 2.24) is 14.9 Å². The first-order valence-electron chi connectivity index (χ1n) is 9.25. The molecule has 1 aromatic heterocycles. The molecule has 4 heterocycles. The largest absolute Gasteiger partial charge is 0.371 e. The molecular weight excluding hydrogens is 336 g/mol. The molecule has 0 saturated carbocycles. The third-order valence-corrected chi connectivity index (χ3v) is 6.64. The summed E-state index contributed by atoms with van der Waals surface area (Å²) in [5.74, 6) is 4.03. The van der Waals surface area contributed by atoms with Crippen LogP contribution >= 0.6 is 11.8 Å². The van der Waals surface area contributed by atoms with E-state index in [2.05, 4.69) is 15.3 Å². The lowest BCUT2D eigenvalue weighted by Gasteiger charge is -2.53. The van der Waals surface area contributed by atoms with Gasteiger partial charge in [-0.15, -0.1) is 0 Å². The van der Waals surface area contributed by atoms with Crippen LogP contribution in [0.3, 0.4) is 0 Å². The van der Waals surface area contributed by atoms with Crippen LogP contribution in [0, 0.1) is 11.8 Å². The topological polar surface area (TPSA) is 67.4 Å². The Morgan fingerprint density at radius 3 is 2.72 bits per heavy atom. The average molecular weight is 362 g/mol. The molecule has 3 saturated heterocycles. The summed E-state index contributed by atoms with van der Waals surface area (Å²) >= 11 is 1.97. The lowest BCUT2D eigenvalue weighted by Crippen LogP contribution is -2.67. The van der Waals surface area contributed by atoms with Crippen molar-refractivity contribution >= 4 is 23.6 Å². The van der Waals surface area contributed by atoms with Crippen LogP contribution in [-0.4, -0.2) is 64.1 Å². The van der Waals surface area contributed by atoms with Crippen LogP contribution in [0.4, 0.5) is 5.95 Å². The lowest BCUT2D eigenvalue weighted by molar-refractivity contribution is -0.190. The number of rotatable bonds is 4. The Balaban J connectivity index is 1.20. The van der Waals surface area contributed by atoms with Crippen molar-refractivity contribution in [2.24, 2.45) is 11.8 Å². The predicted octanol–water partition coefficient (Wildman–Crippen LogP) is 2.04. The molecule has 1 spiro atoms. The molecule has 1 amide bonds. The first-order valence-corrected chi connectivity index (χ1v) is 10.4. The third-order valence-electron chi connectivity index (χ3n) is 5.59. The highest BCUT2D eigenvalue weighted by molar-refractivity contribution is 7.99. The number of thioether (sulfide) groups is 1. The molecule has 1 unspecified atom stereocenters. The summed E-state index contributed by atoms with van der Waals surface area (Å²) in [6, 6.07) is 1.81. The van der Waals surface area contributed by atoms with Crippen LogP contribution in [0.25, 0.3) is 0 Å². The van der Waals surface area contributed by atoms with Crippen LogP contribution in [-0.2, 0) is 9.53 Å². The van der Waals surface area contributed by atoms with E-state index in [-0.39, 0.29) is 11.5 Å². The van der Waals surface area contributed by atoms with E-state index in [4.69, 9.17) is 4.74 Å². The standard InChI is InChI=1S/C18H26N4O2S/c23-16(15-3-8-25-9-4-15)22-12-18(13-22)5-2-14(11-24-18)10-21-17-19-6-1-7-20-17/h1,6-7,14-15H,2-5,8-13H2,(H,19,20,21). The van der Waals surface area contributed by atoms with Gasteiger partial charge < -0.3 is 15.0 Å². The molecule has 136 valence electrons. The van der Waals surface area contributed by atoms with Gasteiger partial charge in [0.2, 0.25) is 11.9 Å². The lowest BCUT2D eigenvalue weighted by atomic mass is 9.82. The first kappa shape index (κ1) is 17.1. The molecule has 0 radical (unpaired) electrons. The van der Waals surface area contributed by atoms with Gasteiger partial charge in [0.1, 0.15) is 5.60 Å². The second-order valence-electron chi connectivity index (χ2n) is 7.43. The van der Waals surface area contributed by atoms with Crippen LogP contribution in [0.5, 0.6) is 0 Å². The summed E-state index contributed by atoms with van der Waals surface area (Å²) in [6.45, 7) is 3.17. The van der Waals surface area contributed by atoms with E-state index in [9.17, 15) is 4.79 Å². The Morgan fingerprint density at radius 2 is 2.04 bits per heavy atom. The number of likely N-dealkylation sites (tertiary alicyclic amines) is 1. The van der Waals surface area contributed by atoms with Crippen molar-refractivity contribution in [3.05, 3.63) is 18.5 Å². The Labute approximate surface area is 153 Å². The highest BCUT2D eigenvalue weighted by Crippen LogP contribution is 2.37. The third kappa shape index (κ3) is 3.92. The molecule has 3 fully saturated rings. The van der Waals surface area contributed by atoms with Gasteiger partial charge in [0.05, 0.1) is 19.7 Å². The maximum atomic E-state index is 12.6. The van der Waals surface area contributed by atoms with E-state index >= 15 is 0 Å². The number of carbonyl (C=O) groups excluding carboxylic acids is 1. The fraction of sp³-hybridized carbons (Fsp3) is 0.722. The molecule has 0 bridgehead atoms. The number of anilines is 1. The van der Waals surface area contributed by atoms with E-state index in [0.717, 1.165) is 63.4 Å². The van der Waals surface area contributed by atoms with Gasteiger partial charge in [-0.25, -0.2) is 9.97 Å². The minimum atomic E-state index is -0.0706. The molecule has 4 rings (SSSR count). The average Bonchev–Trinajstić information content (AvgIpc) is 2.66. The summed E-state index contributed by atoms with van der Waals surface area (Å²) in [6.07, 6.45) is 7.74. The number of nitrogens with zero attached hydrogens (tertiary/aromatic N) is 3. The minimum absolute atomic E-state index is 0.0706. The summed E-state index contributed by atoms with van der Waals surface area (Å²) < 4.78 is 6.19. The van der Waals surface area contributed by atoms with Gasteiger partial charge in [-0.05, 0) is 49.2 Å². The molecule has 3 aliphatic heterocycles. The van der Waals surface area contributed by atoms with E-state index in [0.29, 0.717) is 17.8 Å². The molecule has 7 heteroatoms. The zero-order valence-electron chi connectivity index (χ0n) is 14.5. The van der Waals surface area contributed by atoms with Crippen LogP contribution in [0.1, 0.15) is 25.7 Å². The maximum absolute atomic E-state index is 12.6. The monoisotopic (exact) mass is 362 g/mol. The van der Waals surface area contributed by atoms with Gasteiger partial charge in [-0.1, -0.05) is 0 Å². The second kappa shape index (κ2) is 7.50. The molecule has 25 heavy (non-hydrogen) atoms. The number of ether oxygens (including phenoxy) is 1. The van der Waals surface area contributed by atoms with Crippen LogP contribution in [0.2, 0.25) is 0 Å². The smallest absolute Gasteiger partial charge is 0.225 e. The zero-order valence-corrected chi connectivity index (χ0v) is 15.3. The van der Waals surface area contributed by atoms with Crippen molar-refractivity contribution in [3.63, 3.8) is 0 Å². The predicted molar refractivity (Wildman–Crippen MR) is 98.6 cm³/mol. The Morgan fingerprint density at radius 1 is 1.28 bits per heavy atom. The normalized spacial score (nSPS) is 26.2. The Hall–Kier alpha value is -1.34. The van der Waals surface area contributed by atoms with Gasteiger partial charge in [-0.2, -0.15) is 11.8 Å². The maximum Gasteiger partial charge on any atom is 0.225 e. The Kier molecular flexibility index (Phi) is 5.12. The van der Waals surface area contributed by atoms with E-state index < -0.39 is 0 Å². The Bertz CT molecular complexity index is 578. The van der Waals surface area contributed by atoms with Gasteiger partial charge in [-0.3, -0.25) is 4.79 Å². The van der Waals surface area contributed by atoms with Crippen molar-refractivity contribution in [1.29, 1.82) is 0 Å². The number of carbonyl (C=O) groups is 1. The van der Waals surface area contributed by atoms with E-state index in [1.54, 1.807) is 12.4 Å². The second-order valence-corrected chi connectivity index (χ2v) is 8.66. The fourth-order valence-corrected chi connectivity index (χ4v) is 5.07. The molecule has 1 atom stereocenters. The molecule has 1 N–H and O–H groups in total. The van der Waals surface area contributed by atoms with Gasteiger partial charge in [0.15, 0.2) is 0 Å².